The number of nitrogens with zero attached hydrogens (tertiary/aromatic N) is 2. The number of nitrogens with one attached hydrogen (secondary N) is 2. The maximum absolute atomic E-state index is 4.45. The number of hydrogen-bond acceptors (Lipinski definition) is 4. The SMILES string of the molecule is CNc1cccc(NCc2cccc3cccnc23)n1. The number of pyridine rings is 2. The van der Waals surface area contributed by atoms with Gasteiger partial charge in [-0.15, -0.1) is 0 Å². The van der Waals surface area contributed by atoms with Gasteiger partial charge in [-0.25, -0.2) is 4.98 Å². The van der Waals surface area contributed by atoms with Gasteiger partial charge in [-0.1, -0.05) is 30.3 Å². The molecule has 20 heavy (non-hydrogen) atoms. The summed E-state index contributed by atoms with van der Waals surface area (Å²) in [7, 11) is 1.86. The van der Waals surface area contributed by atoms with Crippen LogP contribution in [-0.4, -0.2) is 17.0 Å². The molecule has 0 unspecified atom stereocenters. The lowest BCUT2D eigenvalue weighted by Crippen LogP contribution is -2.03. The summed E-state index contributed by atoms with van der Waals surface area (Å²) in [6.45, 7) is 0.703. The van der Waals surface area contributed by atoms with Gasteiger partial charge >= 0.3 is 0 Å². The standard InChI is InChI=1S/C16H16N4/c1-17-14-8-3-9-15(20-14)19-11-13-6-2-5-12-7-4-10-18-16(12)13/h2-10H,11H2,1H3,(H2,17,19,20). The predicted octanol–water partition coefficient (Wildman–Crippen LogP) is 3.28. The molecular formula is C16H16N4. The van der Waals surface area contributed by atoms with Crippen molar-refractivity contribution < 1.29 is 0 Å². The third-order valence-corrected chi connectivity index (χ3v) is 3.18. The van der Waals surface area contributed by atoms with Crippen molar-refractivity contribution in [1.29, 1.82) is 0 Å². The maximum atomic E-state index is 4.45. The van der Waals surface area contributed by atoms with Gasteiger partial charge in [-0.3, -0.25) is 4.98 Å². The summed E-state index contributed by atoms with van der Waals surface area (Å²) in [6.07, 6.45) is 1.83. The fourth-order valence-electron chi connectivity index (χ4n) is 2.17. The molecule has 3 rings (SSSR count). The summed E-state index contributed by atoms with van der Waals surface area (Å²) in [6, 6.07) is 16.1. The Kier molecular flexibility index (Phi) is 3.46. The number of rotatable bonds is 4. The first kappa shape index (κ1) is 12.4. The molecule has 0 bridgehead atoms. The third kappa shape index (κ3) is 2.54. The van der Waals surface area contributed by atoms with Crippen LogP contribution >= 0.6 is 0 Å². The lowest BCUT2D eigenvalue weighted by molar-refractivity contribution is 1.11. The molecule has 100 valence electrons. The first-order chi connectivity index (χ1) is 9.86. The van der Waals surface area contributed by atoms with E-state index in [4.69, 9.17) is 0 Å². The topological polar surface area (TPSA) is 49.8 Å². The lowest BCUT2D eigenvalue weighted by Gasteiger charge is -2.09. The predicted molar refractivity (Wildman–Crippen MR) is 82.9 cm³/mol. The first-order valence-electron chi connectivity index (χ1n) is 6.58. The highest BCUT2D eigenvalue weighted by Crippen LogP contribution is 2.17. The van der Waals surface area contributed by atoms with Crippen LogP contribution in [0.15, 0.2) is 54.7 Å². The molecule has 0 spiro atoms. The molecule has 2 aromatic heterocycles. The Morgan fingerprint density at radius 1 is 0.950 bits per heavy atom. The second kappa shape index (κ2) is 5.57. The van der Waals surface area contributed by atoms with E-state index in [1.165, 1.54) is 5.56 Å². The van der Waals surface area contributed by atoms with Gasteiger partial charge in [0.15, 0.2) is 0 Å². The van der Waals surface area contributed by atoms with Crippen molar-refractivity contribution in [3.05, 3.63) is 60.3 Å². The molecule has 4 heteroatoms. The highest BCUT2D eigenvalue weighted by atomic mass is 15.0. The Balaban J connectivity index is 1.83. The summed E-state index contributed by atoms with van der Waals surface area (Å²) in [5.74, 6) is 1.70. The zero-order chi connectivity index (χ0) is 13.8. The van der Waals surface area contributed by atoms with Crippen LogP contribution in [0.25, 0.3) is 10.9 Å². The molecule has 0 amide bonds. The van der Waals surface area contributed by atoms with E-state index in [-0.39, 0.29) is 0 Å². The zero-order valence-corrected chi connectivity index (χ0v) is 11.3. The number of para-hydroxylation sites is 1. The summed E-state index contributed by atoms with van der Waals surface area (Å²) >= 11 is 0. The smallest absolute Gasteiger partial charge is 0.128 e. The number of aromatic nitrogens is 2. The van der Waals surface area contributed by atoms with Gasteiger partial charge in [0, 0.05) is 25.2 Å². The van der Waals surface area contributed by atoms with E-state index in [0.717, 1.165) is 22.5 Å². The highest BCUT2D eigenvalue weighted by molar-refractivity contribution is 5.81. The summed E-state index contributed by atoms with van der Waals surface area (Å²) in [5.41, 5.74) is 2.20. The Morgan fingerprint density at radius 2 is 1.75 bits per heavy atom. The van der Waals surface area contributed by atoms with E-state index in [2.05, 4.69) is 44.9 Å². The number of benzene rings is 1. The number of fused-ring (bicyclic) bond motifs is 1. The van der Waals surface area contributed by atoms with E-state index in [1.807, 2.05) is 37.5 Å². The van der Waals surface area contributed by atoms with Crippen molar-refractivity contribution in [1.82, 2.24) is 9.97 Å². The van der Waals surface area contributed by atoms with Crippen molar-refractivity contribution in [2.24, 2.45) is 0 Å². The fourth-order valence-corrected chi connectivity index (χ4v) is 2.17. The van der Waals surface area contributed by atoms with Crippen LogP contribution in [0.2, 0.25) is 0 Å². The molecule has 0 atom stereocenters. The second-order valence-corrected chi connectivity index (χ2v) is 4.50. The quantitative estimate of drug-likeness (QED) is 0.759. The highest BCUT2D eigenvalue weighted by Gasteiger charge is 2.02. The maximum Gasteiger partial charge on any atom is 0.128 e. The zero-order valence-electron chi connectivity index (χ0n) is 11.3. The van der Waals surface area contributed by atoms with Crippen LogP contribution in [0, 0.1) is 0 Å². The molecule has 2 heterocycles. The largest absolute Gasteiger partial charge is 0.373 e. The molecule has 0 saturated carbocycles. The van der Waals surface area contributed by atoms with Crippen LogP contribution in [0.3, 0.4) is 0 Å². The van der Waals surface area contributed by atoms with E-state index in [9.17, 15) is 0 Å². The molecule has 1 aromatic carbocycles. The van der Waals surface area contributed by atoms with Gasteiger partial charge in [-0.2, -0.15) is 0 Å². The third-order valence-electron chi connectivity index (χ3n) is 3.18. The molecule has 0 radical (unpaired) electrons. The van der Waals surface area contributed by atoms with Crippen LogP contribution in [0.5, 0.6) is 0 Å². The van der Waals surface area contributed by atoms with E-state index < -0.39 is 0 Å². The van der Waals surface area contributed by atoms with E-state index in [0.29, 0.717) is 6.54 Å². The Morgan fingerprint density at radius 3 is 2.65 bits per heavy atom. The molecular weight excluding hydrogens is 248 g/mol. The minimum Gasteiger partial charge on any atom is -0.373 e. The number of anilines is 2. The van der Waals surface area contributed by atoms with Gasteiger partial charge < -0.3 is 10.6 Å². The second-order valence-electron chi connectivity index (χ2n) is 4.50. The Bertz CT molecular complexity index is 719. The molecule has 3 aromatic rings. The normalized spacial score (nSPS) is 10.4. The van der Waals surface area contributed by atoms with E-state index >= 15 is 0 Å². The van der Waals surface area contributed by atoms with Gasteiger partial charge in [0.2, 0.25) is 0 Å². The van der Waals surface area contributed by atoms with Crippen molar-refractivity contribution in [3.63, 3.8) is 0 Å². The first-order valence-corrected chi connectivity index (χ1v) is 6.58. The minimum atomic E-state index is 0.703. The van der Waals surface area contributed by atoms with Gasteiger partial charge in [-0.05, 0) is 23.8 Å². The van der Waals surface area contributed by atoms with Crippen molar-refractivity contribution in [2.45, 2.75) is 6.54 Å². The van der Waals surface area contributed by atoms with E-state index in [1.54, 1.807) is 0 Å². The Labute approximate surface area is 117 Å². The average molecular weight is 264 g/mol. The number of hydrogen-bond donors (Lipinski definition) is 2. The monoisotopic (exact) mass is 264 g/mol. The molecule has 0 aliphatic carbocycles. The van der Waals surface area contributed by atoms with Crippen LogP contribution in [0.1, 0.15) is 5.56 Å². The molecule has 0 aliphatic rings. The van der Waals surface area contributed by atoms with Crippen LogP contribution in [0.4, 0.5) is 11.6 Å². The van der Waals surface area contributed by atoms with Crippen LogP contribution < -0.4 is 10.6 Å². The lowest BCUT2D eigenvalue weighted by atomic mass is 10.1. The molecule has 0 saturated heterocycles. The van der Waals surface area contributed by atoms with Gasteiger partial charge in [0.05, 0.1) is 5.52 Å². The van der Waals surface area contributed by atoms with Crippen molar-refractivity contribution >= 4 is 22.5 Å². The van der Waals surface area contributed by atoms with Crippen molar-refractivity contribution in [3.8, 4) is 0 Å². The molecule has 0 fully saturated rings. The Hall–Kier alpha value is -2.62. The summed E-state index contributed by atoms with van der Waals surface area (Å²) < 4.78 is 0. The van der Waals surface area contributed by atoms with Crippen LogP contribution in [-0.2, 0) is 6.54 Å². The fraction of sp³-hybridized carbons (Fsp3) is 0.125. The van der Waals surface area contributed by atoms with Gasteiger partial charge in [0.25, 0.3) is 0 Å². The molecule has 2 N–H and O–H groups in total. The summed E-state index contributed by atoms with van der Waals surface area (Å²) in [5, 5.41) is 7.52. The summed E-state index contributed by atoms with van der Waals surface area (Å²) in [4.78, 5) is 8.90. The van der Waals surface area contributed by atoms with Crippen molar-refractivity contribution in [2.75, 3.05) is 17.7 Å². The minimum absolute atomic E-state index is 0.703. The molecule has 0 aliphatic heterocycles. The van der Waals surface area contributed by atoms with Gasteiger partial charge in [0.1, 0.15) is 11.6 Å². The molecule has 4 nitrogen and oxygen atoms in total. The average Bonchev–Trinajstić information content (AvgIpc) is 2.53.